The first-order chi connectivity index (χ1) is 6.15. The summed E-state index contributed by atoms with van der Waals surface area (Å²) in [5, 5.41) is 0.662. The van der Waals surface area contributed by atoms with Gasteiger partial charge in [0.1, 0.15) is 0 Å². The lowest BCUT2D eigenvalue weighted by atomic mass is 10.0. The van der Waals surface area contributed by atoms with Crippen LogP contribution in [0.5, 0.6) is 0 Å². The lowest BCUT2D eigenvalue weighted by Crippen LogP contribution is -1.96. The first-order valence-electron chi connectivity index (χ1n) is 4.08. The number of hydrogen-bond donors (Lipinski definition) is 0. The van der Waals surface area contributed by atoms with E-state index >= 15 is 0 Å². The highest BCUT2D eigenvalue weighted by atomic mass is 35.5. The Morgan fingerprint density at radius 1 is 1.46 bits per heavy atom. The van der Waals surface area contributed by atoms with Crippen LogP contribution in [0.15, 0.2) is 30.4 Å². The highest BCUT2D eigenvalue weighted by molar-refractivity contribution is 6.30. The molecule has 1 aromatic carbocycles. The van der Waals surface area contributed by atoms with E-state index in [1.165, 1.54) is 0 Å². The first kappa shape index (κ1) is 10.0. The summed E-state index contributed by atoms with van der Waals surface area (Å²) in [4.78, 5) is 11.4. The van der Waals surface area contributed by atoms with Gasteiger partial charge in [-0.3, -0.25) is 4.79 Å². The van der Waals surface area contributed by atoms with Gasteiger partial charge in [0.25, 0.3) is 0 Å². The van der Waals surface area contributed by atoms with Crippen LogP contribution in [0.1, 0.15) is 22.8 Å². The maximum atomic E-state index is 11.4. The van der Waals surface area contributed by atoms with Crippen molar-refractivity contribution in [3.05, 3.63) is 46.5 Å². The number of rotatable bonds is 2. The summed E-state index contributed by atoms with van der Waals surface area (Å²) in [6.07, 6.45) is 3.28. The fourth-order valence-electron chi connectivity index (χ4n) is 1.14. The van der Waals surface area contributed by atoms with Gasteiger partial charge in [0.15, 0.2) is 5.78 Å². The molecule has 1 aromatic rings. The molecule has 0 aliphatic rings. The second-order valence-corrected chi connectivity index (χ2v) is 3.26. The maximum Gasteiger partial charge on any atom is 0.185 e. The molecule has 1 nitrogen and oxygen atoms in total. The minimum absolute atomic E-state index is 0.0247. The second kappa shape index (κ2) is 4.24. The third-order valence-corrected chi connectivity index (χ3v) is 2.01. The Bertz CT molecular complexity index is 353. The molecule has 13 heavy (non-hydrogen) atoms. The van der Waals surface area contributed by atoms with Crippen LogP contribution >= 0.6 is 11.6 Å². The van der Waals surface area contributed by atoms with Crippen molar-refractivity contribution in [2.75, 3.05) is 0 Å². The van der Waals surface area contributed by atoms with Crippen molar-refractivity contribution in [1.29, 1.82) is 0 Å². The van der Waals surface area contributed by atoms with E-state index in [1.54, 1.807) is 30.4 Å². The molecule has 0 aliphatic heterocycles. The molecule has 1 rings (SSSR count). The molecule has 0 atom stereocenters. The molecule has 2 heteroatoms. The van der Waals surface area contributed by atoms with E-state index in [0.717, 1.165) is 5.56 Å². The van der Waals surface area contributed by atoms with Crippen molar-refractivity contribution < 1.29 is 4.79 Å². The fraction of sp³-hybridized carbons (Fsp3) is 0.182. The Hall–Kier alpha value is -1.08. The lowest BCUT2D eigenvalue weighted by molar-refractivity contribution is 0.104. The SMILES string of the molecule is C/C=C/C(=O)c1ccc(Cl)cc1C. The standard InChI is InChI=1S/C11H11ClO/c1-3-4-11(13)10-6-5-9(12)7-8(10)2/h3-7H,1-2H3/b4-3+. The van der Waals surface area contributed by atoms with Crippen molar-refractivity contribution in [1.82, 2.24) is 0 Å². The summed E-state index contributed by atoms with van der Waals surface area (Å²) in [6.45, 7) is 3.70. The smallest absolute Gasteiger partial charge is 0.185 e. The van der Waals surface area contributed by atoms with Crippen molar-refractivity contribution in [3.8, 4) is 0 Å². The number of benzene rings is 1. The molecular formula is C11H11ClO. The second-order valence-electron chi connectivity index (χ2n) is 2.82. The summed E-state index contributed by atoms with van der Waals surface area (Å²) in [5.74, 6) is 0.0247. The Kier molecular flexibility index (Phi) is 3.26. The summed E-state index contributed by atoms with van der Waals surface area (Å²) >= 11 is 5.77. The molecule has 0 aromatic heterocycles. The number of hydrogen-bond acceptors (Lipinski definition) is 1. The Balaban J connectivity index is 3.09. The predicted octanol–water partition coefficient (Wildman–Crippen LogP) is 3.41. The maximum absolute atomic E-state index is 11.4. The Morgan fingerprint density at radius 2 is 2.15 bits per heavy atom. The van der Waals surface area contributed by atoms with E-state index in [2.05, 4.69) is 0 Å². The van der Waals surface area contributed by atoms with Crippen LogP contribution < -0.4 is 0 Å². The van der Waals surface area contributed by atoms with Crippen molar-refractivity contribution in [2.45, 2.75) is 13.8 Å². The molecule has 0 bridgehead atoms. The molecular weight excluding hydrogens is 184 g/mol. The molecule has 0 fully saturated rings. The molecule has 0 N–H and O–H groups in total. The normalized spacial score (nSPS) is 10.7. The topological polar surface area (TPSA) is 17.1 Å². The number of carbonyl (C=O) groups excluding carboxylic acids is 1. The Labute approximate surface area is 83.0 Å². The van der Waals surface area contributed by atoms with Gasteiger partial charge in [-0.25, -0.2) is 0 Å². The van der Waals surface area contributed by atoms with Crippen LogP contribution in [0.3, 0.4) is 0 Å². The first-order valence-corrected chi connectivity index (χ1v) is 4.46. The van der Waals surface area contributed by atoms with E-state index in [0.29, 0.717) is 10.6 Å². The van der Waals surface area contributed by atoms with Gasteiger partial charge in [-0.2, -0.15) is 0 Å². The average molecular weight is 195 g/mol. The zero-order chi connectivity index (χ0) is 9.84. The van der Waals surface area contributed by atoms with Crippen LogP contribution in [0.4, 0.5) is 0 Å². The molecule has 0 radical (unpaired) electrons. The molecule has 0 heterocycles. The largest absolute Gasteiger partial charge is 0.289 e. The molecule has 0 spiro atoms. The molecule has 0 saturated carbocycles. The molecule has 68 valence electrons. The van der Waals surface area contributed by atoms with Gasteiger partial charge >= 0.3 is 0 Å². The minimum atomic E-state index is 0.0247. The zero-order valence-electron chi connectivity index (χ0n) is 7.67. The number of halogens is 1. The average Bonchev–Trinajstić information content (AvgIpc) is 2.04. The van der Waals surface area contributed by atoms with Crippen LogP contribution in [-0.4, -0.2) is 5.78 Å². The van der Waals surface area contributed by atoms with E-state index < -0.39 is 0 Å². The van der Waals surface area contributed by atoms with Crippen molar-refractivity contribution >= 4 is 17.4 Å². The molecule has 0 aliphatic carbocycles. The predicted molar refractivity (Wildman–Crippen MR) is 55.3 cm³/mol. The highest BCUT2D eigenvalue weighted by Gasteiger charge is 2.04. The summed E-state index contributed by atoms with van der Waals surface area (Å²) in [6, 6.07) is 5.27. The van der Waals surface area contributed by atoms with Crippen LogP contribution in [0.2, 0.25) is 5.02 Å². The van der Waals surface area contributed by atoms with Crippen LogP contribution in [0.25, 0.3) is 0 Å². The summed E-state index contributed by atoms with van der Waals surface area (Å²) in [5.41, 5.74) is 1.62. The third kappa shape index (κ3) is 2.43. The van der Waals surface area contributed by atoms with Gasteiger partial charge in [-0.05, 0) is 43.7 Å². The van der Waals surface area contributed by atoms with E-state index in [-0.39, 0.29) is 5.78 Å². The summed E-state index contributed by atoms with van der Waals surface area (Å²) in [7, 11) is 0. The van der Waals surface area contributed by atoms with Gasteiger partial charge in [0, 0.05) is 10.6 Å². The number of allylic oxidation sites excluding steroid dienone is 2. The van der Waals surface area contributed by atoms with E-state index in [1.807, 2.05) is 13.8 Å². The van der Waals surface area contributed by atoms with Crippen LogP contribution in [-0.2, 0) is 0 Å². The van der Waals surface area contributed by atoms with Crippen molar-refractivity contribution in [3.63, 3.8) is 0 Å². The van der Waals surface area contributed by atoms with Gasteiger partial charge in [-0.1, -0.05) is 17.7 Å². The van der Waals surface area contributed by atoms with Crippen LogP contribution in [0, 0.1) is 6.92 Å². The van der Waals surface area contributed by atoms with Gasteiger partial charge < -0.3 is 0 Å². The van der Waals surface area contributed by atoms with E-state index in [4.69, 9.17) is 11.6 Å². The number of aryl methyl sites for hydroxylation is 1. The van der Waals surface area contributed by atoms with Gasteiger partial charge in [0.05, 0.1) is 0 Å². The minimum Gasteiger partial charge on any atom is -0.289 e. The van der Waals surface area contributed by atoms with Gasteiger partial charge in [-0.15, -0.1) is 0 Å². The number of ketones is 1. The molecule has 0 saturated heterocycles. The highest BCUT2D eigenvalue weighted by Crippen LogP contribution is 2.15. The number of carbonyl (C=O) groups is 1. The molecule has 0 unspecified atom stereocenters. The zero-order valence-corrected chi connectivity index (χ0v) is 8.43. The van der Waals surface area contributed by atoms with Crippen molar-refractivity contribution in [2.24, 2.45) is 0 Å². The monoisotopic (exact) mass is 194 g/mol. The van der Waals surface area contributed by atoms with Gasteiger partial charge in [0.2, 0.25) is 0 Å². The quantitative estimate of drug-likeness (QED) is 0.521. The van der Waals surface area contributed by atoms with E-state index in [9.17, 15) is 4.79 Å². The third-order valence-electron chi connectivity index (χ3n) is 1.77. The Morgan fingerprint density at radius 3 is 2.69 bits per heavy atom. The molecule has 0 amide bonds. The fourth-order valence-corrected chi connectivity index (χ4v) is 1.37. The lowest BCUT2D eigenvalue weighted by Gasteiger charge is -2.01. The summed E-state index contributed by atoms with van der Waals surface area (Å²) < 4.78 is 0.